The highest BCUT2D eigenvalue weighted by atomic mass is 14.1. The standard InChI is InChI=1S/C7H16.2C6H14.C5H12/c1-5-6-7(2,3)4;2*1-5-6(2,3)4;1-5(2,3)4/h5-6H2,1-4H3;2*5H2,1-4H3;1-4H3. The Hall–Kier alpha value is 0. The van der Waals surface area contributed by atoms with Crippen LogP contribution in [-0.2, 0) is 0 Å². The van der Waals surface area contributed by atoms with Crippen molar-refractivity contribution in [1.29, 1.82) is 0 Å². The first-order chi connectivity index (χ1) is 10.2. The van der Waals surface area contributed by atoms with Crippen LogP contribution in [0.5, 0.6) is 0 Å². The molecule has 0 unspecified atom stereocenters. The molecule has 0 aromatic carbocycles. The van der Waals surface area contributed by atoms with E-state index >= 15 is 0 Å². The lowest BCUT2D eigenvalue weighted by molar-refractivity contribution is 0.373. The van der Waals surface area contributed by atoms with Crippen LogP contribution in [0, 0.1) is 21.7 Å². The number of hydrogen-bond acceptors (Lipinski definition) is 0. The van der Waals surface area contributed by atoms with Crippen molar-refractivity contribution < 1.29 is 0 Å². The summed E-state index contributed by atoms with van der Waals surface area (Å²) in [5, 5.41) is 0. The largest absolute Gasteiger partial charge is 0.0654 e. The lowest BCUT2D eigenvalue weighted by Gasteiger charge is -2.15. The molecule has 0 fully saturated rings. The summed E-state index contributed by atoms with van der Waals surface area (Å²) in [4.78, 5) is 0. The minimum atomic E-state index is 0.500. The van der Waals surface area contributed by atoms with Gasteiger partial charge >= 0.3 is 0 Å². The van der Waals surface area contributed by atoms with Gasteiger partial charge in [0.15, 0.2) is 0 Å². The van der Waals surface area contributed by atoms with Crippen LogP contribution in [-0.4, -0.2) is 0 Å². The Morgan fingerprint density at radius 1 is 0.417 bits per heavy atom. The molecule has 0 saturated carbocycles. The summed E-state index contributed by atoms with van der Waals surface area (Å²) in [5.41, 5.74) is 2.13. The van der Waals surface area contributed by atoms with Gasteiger partial charge in [0.2, 0.25) is 0 Å². The van der Waals surface area contributed by atoms with E-state index in [4.69, 9.17) is 0 Å². The quantitative estimate of drug-likeness (QED) is 0.444. The maximum absolute atomic E-state index is 2.27. The van der Waals surface area contributed by atoms with Crippen LogP contribution in [0.25, 0.3) is 0 Å². The Morgan fingerprint density at radius 2 is 0.583 bits per heavy atom. The summed E-state index contributed by atoms with van der Waals surface area (Å²) in [5.74, 6) is 0. The van der Waals surface area contributed by atoms with Gasteiger partial charge in [-0.05, 0) is 28.1 Å². The van der Waals surface area contributed by atoms with E-state index in [1.807, 2.05) is 0 Å². The summed E-state index contributed by atoms with van der Waals surface area (Å²) < 4.78 is 0. The van der Waals surface area contributed by atoms with Crippen LogP contribution in [0.4, 0.5) is 0 Å². The maximum atomic E-state index is 2.27. The first kappa shape index (κ1) is 31.7. The Bertz CT molecular complexity index is 211. The van der Waals surface area contributed by atoms with Crippen LogP contribution in [0.3, 0.4) is 0 Å². The smallest absolute Gasteiger partial charge is 0.0383 e. The van der Waals surface area contributed by atoms with Gasteiger partial charge in [-0.25, -0.2) is 0 Å². The molecule has 0 aromatic rings. The third-order valence-corrected chi connectivity index (χ3v) is 3.12. The molecule has 0 rings (SSSR count). The van der Waals surface area contributed by atoms with Gasteiger partial charge in [0.1, 0.15) is 0 Å². The average molecular weight is 345 g/mol. The van der Waals surface area contributed by atoms with Crippen molar-refractivity contribution in [1.82, 2.24) is 0 Å². The van der Waals surface area contributed by atoms with Gasteiger partial charge in [-0.15, -0.1) is 0 Å². The summed E-state index contributed by atoms with van der Waals surface area (Å²) in [7, 11) is 0. The van der Waals surface area contributed by atoms with Crippen molar-refractivity contribution in [3.8, 4) is 0 Å². The predicted octanol–water partition coefficient (Wildman–Crippen LogP) is 9.77. The zero-order valence-electron chi connectivity index (χ0n) is 20.8. The Kier molecular flexibility index (Phi) is 18.8. The third kappa shape index (κ3) is 97.0. The minimum Gasteiger partial charge on any atom is -0.0654 e. The highest BCUT2D eigenvalue weighted by Crippen LogP contribution is 2.19. The minimum absolute atomic E-state index is 0.500. The molecular weight excluding hydrogens is 288 g/mol. The molecule has 0 radical (unpaired) electrons. The molecule has 0 spiro atoms. The Morgan fingerprint density at radius 3 is 0.583 bits per heavy atom. The molecule has 0 atom stereocenters. The first-order valence-corrected chi connectivity index (χ1v) is 10.2. The van der Waals surface area contributed by atoms with Crippen molar-refractivity contribution in [2.24, 2.45) is 21.7 Å². The van der Waals surface area contributed by atoms with E-state index in [2.05, 4.69) is 111 Å². The molecule has 0 aliphatic carbocycles. The molecule has 0 N–H and O–H groups in total. The van der Waals surface area contributed by atoms with E-state index in [0.717, 1.165) is 0 Å². The first-order valence-electron chi connectivity index (χ1n) is 10.2. The summed E-state index contributed by atoms with van der Waals surface area (Å²) in [6.45, 7) is 35.7. The monoisotopic (exact) mass is 344 g/mol. The summed E-state index contributed by atoms with van der Waals surface area (Å²) in [6.07, 6.45) is 5.19. The topological polar surface area (TPSA) is 0 Å². The lowest BCUT2D eigenvalue weighted by atomic mass is 9.91. The molecule has 24 heavy (non-hydrogen) atoms. The maximum Gasteiger partial charge on any atom is -0.0383 e. The Labute approximate surface area is 158 Å². The molecule has 152 valence electrons. The normalized spacial score (nSPS) is 12.0. The highest BCUT2D eigenvalue weighted by Gasteiger charge is 2.06. The van der Waals surface area contributed by atoms with Crippen LogP contribution < -0.4 is 0 Å². The molecule has 0 aromatic heterocycles. The van der Waals surface area contributed by atoms with Gasteiger partial charge in [-0.1, -0.05) is 130 Å². The molecule has 0 heteroatoms. The summed E-state index contributed by atoms with van der Waals surface area (Å²) >= 11 is 0. The zero-order valence-corrected chi connectivity index (χ0v) is 20.8. The highest BCUT2D eigenvalue weighted by molar-refractivity contribution is 4.58. The van der Waals surface area contributed by atoms with Crippen LogP contribution >= 0.6 is 0 Å². The molecule has 0 nitrogen and oxygen atoms in total. The molecule has 0 saturated heterocycles. The fourth-order valence-corrected chi connectivity index (χ4v) is 0.750. The van der Waals surface area contributed by atoms with Crippen molar-refractivity contribution in [3.63, 3.8) is 0 Å². The second kappa shape index (κ2) is 14.2. The van der Waals surface area contributed by atoms with E-state index in [0.29, 0.717) is 21.7 Å². The lowest BCUT2D eigenvalue weighted by Crippen LogP contribution is -2.02. The Balaban J connectivity index is -0.000000112. The van der Waals surface area contributed by atoms with Gasteiger partial charge in [0.05, 0.1) is 0 Å². The van der Waals surface area contributed by atoms with E-state index in [-0.39, 0.29) is 0 Å². The van der Waals surface area contributed by atoms with Gasteiger partial charge in [-0.3, -0.25) is 0 Å². The van der Waals surface area contributed by atoms with Gasteiger partial charge in [-0.2, -0.15) is 0 Å². The number of rotatable bonds is 1. The van der Waals surface area contributed by atoms with Crippen molar-refractivity contribution in [2.45, 2.75) is 136 Å². The van der Waals surface area contributed by atoms with Crippen molar-refractivity contribution >= 4 is 0 Å². The van der Waals surface area contributed by atoms with Crippen molar-refractivity contribution in [2.75, 3.05) is 0 Å². The fraction of sp³-hybridized carbons (Fsp3) is 1.00. The van der Waals surface area contributed by atoms with E-state index in [9.17, 15) is 0 Å². The van der Waals surface area contributed by atoms with Crippen LogP contribution in [0.1, 0.15) is 136 Å². The molecule has 0 amide bonds. The molecule has 0 aliphatic heterocycles. The van der Waals surface area contributed by atoms with E-state index in [1.54, 1.807) is 0 Å². The second-order valence-corrected chi connectivity index (χ2v) is 12.1. The number of hydrogen-bond donors (Lipinski definition) is 0. The third-order valence-electron chi connectivity index (χ3n) is 3.12. The predicted molar refractivity (Wildman–Crippen MR) is 119 cm³/mol. The van der Waals surface area contributed by atoms with Crippen molar-refractivity contribution in [3.05, 3.63) is 0 Å². The summed E-state index contributed by atoms with van der Waals surface area (Å²) in [6, 6.07) is 0. The zero-order chi connectivity index (χ0) is 20.8. The molecule has 0 aliphatic rings. The van der Waals surface area contributed by atoms with Gasteiger partial charge in [0.25, 0.3) is 0 Å². The molecular formula is C24H56. The van der Waals surface area contributed by atoms with Crippen LogP contribution in [0.15, 0.2) is 0 Å². The van der Waals surface area contributed by atoms with Gasteiger partial charge in [0, 0.05) is 0 Å². The average Bonchev–Trinajstić information content (AvgIpc) is 2.25. The van der Waals surface area contributed by atoms with Gasteiger partial charge < -0.3 is 0 Å². The fourth-order valence-electron chi connectivity index (χ4n) is 0.750. The van der Waals surface area contributed by atoms with E-state index < -0.39 is 0 Å². The van der Waals surface area contributed by atoms with Crippen LogP contribution in [0.2, 0.25) is 0 Å². The molecule has 0 bridgehead atoms. The second-order valence-electron chi connectivity index (χ2n) is 12.1. The SMILES string of the molecule is CC(C)(C)C.CCC(C)(C)C.CCC(C)(C)C.CCCC(C)(C)C. The van der Waals surface area contributed by atoms with E-state index in [1.165, 1.54) is 25.7 Å². The molecule has 0 heterocycles.